The van der Waals surface area contributed by atoms with Crippen LogP contribution in [0.4, 0.5) is 0 Å². The van der Waals surface area contributed by atoms with Gasteiger partial charge in [-0.3, -0.25) is 0 Å². The lowest BCUT2D eigenvalue weighted by Gasteiger charge is -2.29. The lowest BCUT2D eigenvalue weighted by Crippen LogP contribution is -2.33. The Hall–Kier alpha value is -0.0400. The fourth-order valence-corrected chi connectivity index (χ4v) is 2.44. The van der Waals surface area contributed by atoms with Crippen molar-refractivity contribution in [3.05, 3.63) is 0 Å². The van der Waals surface area contributed by atoms with Gasteiger partial charge in [0.2, 0.25) is 0 Å². The summed E-state index contributed by atoms with van der Waals surface area (Å²) in [7, 11) is 0. The Morgan fingerprint density at radius 1 is 0.875 bits per heavy atom. The van der Waals surface area contributed by atoms with E-state index in [1.807, 2.05) is 13.8 Å². The van der Waals surface area contributed by atoms with Crippen LogP contribution in [-0.4, -0.2) is 5.60 Å². The van der Waals surface area contributed by atoms with E-state index in [2.05, 4.69) is 13.8 Å². The van der Waals surface area contributed by atoms with Gasteiger partial charge in [-0.1, -0.05) is 66.2 Å². The summed E-state index contributed by atoms with van der Waals surface area (Å²) in [4.78, 5) is 0. The molecule has 0 aromatic rings. The van der Waals surface area contributed by atoms with Gasteiger partial charge in [0.25, 0.3) is 0 Å². The van der Waals surface area contributed by atoms with Crippen molar-refractivity contribution in [2.24, 2.45) is 5.92 Å². The maximum Gasteiger partial charge on any atom is 0.106 e. The van der Waals surface area contributed by atoms with Crippen molar-refractivity contribution < 1.29 is 5.11 Å². The average Bonchev–Trinajstić information content (AvgIpc) is 2.32. The van der Waals surface area contributed by atoms with Crippen LogP contribution in [0.15, 0.2) is 0 Å². The third-order valence-electron chi connectivity index (χ3n) is 4.09. The van der Waals surface area contributed by atoms with Gasteiger partial charge in [0.1, 0.15) is 5.60 Å². The molecule has 1 unspecified atom stereocenters. The van der Waals surface area contributed by atoms with E-state index in [0.29, 0.717) is 5.92 Å². The second-order valence-electron chi connectivity index (χ2n) is 5.23. The van der Waals surface area contributed by atoms with Crippen LogP contribution >= 0.6 is 0 Å². The molecule has 0 saturated carbocycles. The van der Waals surface area contributed by atoms with E-state index in [0.717, 1.165) is 19.3 Å². The summed E-state index contributed by atoms with van der Waals surface area (Å²) in [5.41, 5.74) is -0.663. The van der Waals surface area contributed by atoms with Crippen LogP contribution in [-0.2, 0) is 5.11 Å². The Balaban J connectivity index is 3.60. The van der Waals surface area contributed by atoms with Crippen LogP contribution < -0.4 is 0 Å². The molecular weight excluding hydrogens is 196 g/mol. The summed E-state index contributed by atoms with van der Waals surface area (Å²) < 4.78 is 0. The van der Waals surface area contributed by atoms with Crippen LogP contribution in [0.25, 0.3) is 0 Å². The second-order valence-corrected chi connectivity index (χ2v) is 5.23. The Labute approximate surface area is 103 Å². The molecule has 1 radical (unpaired) electrons. The molecule has 0 aliphatic carbocycles. The van der Waals surface area contributed by atoms with Crippen molar-refractivity contribution in [2.45, 2.75) is 91.1 Å². The van der Waals surface area contributed by atoms with Gasteiger partial charge in [0.05, 0.1) is 0 Å². The minimum absolute atomic E-state index is 0.341. The van der Waals surface area contributed by atoms with E-state index in [4.69, 9.17) is 0 Å². The largest absolute Gasteiger partial charge is 0.229 e. The van der Waals surface area contributed by atoms with Crippen molar-refractivity contribution >= 4 is 0 Å². The summed E-state index contributed by atoms with van der Waals surface area (Å²) >= 11 is 0. The molecule has 0 rings (SSSR count). The van der Waals surface area contributed by atoms with Crippen LogP contribution in [0.1, 0.15) is 85.5 Å². The third-order valence-corrected chi connectivity index (χ3v) is 4.09. The zero-order valence-corrected chi connectivity index (χ0v) is 11.8. The smallest absolute Gasteiger partial charge is 0.106 e. The first-order chi connectivity index (χ1) is 7.60. The lowest BCUT2D eigenvalue weighted by atomic mass is 9.81. The fourth-order valence-electron chi connectivity index (χ4n) is 2.44. The average molecular weight is 227 g/mol. The maximum atomic E-state index is 12.3. The molecule has 0 aliphatic rings. The molecule has 1 atom stereocenters. The second kappa shape index (κ2) is 9.04. The molecule has 1 nitrogen and oxygen atoms in total. The van der Waals surface area contributed by atoms with Gasteiger partial charge in [-0.2, -0.15) is 0 Å². The maximum absolute atomic E-state index is 12.3. The summed E-state index contributed by atoms with van der Waals surface area (Å²) in [5, 5.41) is 12.3. The first-order valence-electron chi connectivity index (χ1n) is 7.31. The third kappa shape index (κ3) is 5.89. The topological polar surface area (TPSA) is 19.9 Å². The van der Waals surface area contributed by atoms with Crippen molar-refractivity contribution in [3.63, 3.8) is 0 Å². The molecule has 1 heteroatoms. The van der Waals surface area contributed by atoms with Gasteiger partial charge in [0, 0.05) is 0 Å². The highest BCUT2D eigenvalue weighted by molar-refractivity contribution is 4.80. The van der Waals surface area contributed by atoms with E-state index in [-0.39, 0.29) is 0 Å². The molecule has 97 valence electrons. The first-order valence-corrected chi connectivity index (χ1v) is 7.31. The van der Waals surface area contributed by atoms with E-state index in [1.54, 1.807) is 0 Å². The van der Waals surface area contributed by atoms with Crippen LogP contribution in [0.3, 0.4) is 0 Å². The SMILES string of the molecule is CCCCCCCCC(C)C([O])(CC)CC. The molecule has 0 heterocycles. The number of hydrogen-bond donors (Lipinski definition) is 0. The molecule has 0 amide bonds. The number of hydrogen-bond acceptors (Lipinski definition) is 0. The molecule has 0 saturated heterocycles. The predicted octanol–water partition coefficient (Wildman–Crippen LogP) is 5.36. The zero-order valence-electron chi connectivity index (χ0n) is 11.8. The van der Waals surface area contributed by atoms with Crippen molar-refractivity contribution in [2.75, 3.05) is 0 Å². The molecule has 0 aromatic carbocycles. The van der Waals surface area contributed by atoms with Crippen molar-refractivity contribution in [1.82, 2.24) is 0 Å². The molecule has 0 fully saturated rings. The normalized spacial score (nSPS) is 14.1. The summed E-state index contributed by atoms with van der Waals surface area (Å²) in [5.74, 6) is 0.341. The predicted molar refractivity (Wildman–Crippen MR) is 71.2 cm³/mol. The Morgan fingerprint density at radius 2 is 1.38 bits per heavy atom. The van der Waals surface area contributed by atoms with E-state index in [1.165, 1.54) is 38.5 Å². The Kier molecular flexibility index (Phi) is 9.02. The zero-order chi connectivity index (χ0) is 12.4. The van der Waals surface area contributed by atoms with Gasteiger partial charge in [-0.15, -0.1) is 0 Å². The molecule has 0 aliphatic heterocycles. The molecule has 0 aromatic heterocycles. The van der Waals surface area contributed by atoms with Crippen molar-refractivity contribution in [1.29, 1.82) is 0 Å². The summed E-state index contributed by atoms with van der Waals surface area (Å²) in [6.45, 7) is 8.46. The first kappa shape index (κ1) is 16.0. The number of unbranched alkanes of at least 4 members (excludes halogenated alkanes) is 5. The van der Waals surface area contributed by atoms with Crippen LogP contribution in [0, 0.1) is 5.92 Å². The minimum atomic E-state index is -0.663. The minimum Gasteiger partial charge on any atom is -0.229 e. The van der Waals surface area contributed by atoms with E-state index in [9.17, 15) is 5.11 Å². The highest BCUT2D eigenvalue weighted by Gasteiger charge is 2.31. The van der Waals surface area contributed by atoms with Gasteiger partial charge in [-0.05, 0) is 25.2 Å². The highest BCUT2D eigenvalue weighted by Crippen LogP contribution is 2.29. The molecular formula is C15H31O. The van der Waals surface area contributed by atoms with Crippen LogP contribution in [0.2, 0.25) is 0 Å². The van der Waals surface area contributed by atoms with Gasteiger partial charge >= 0.3 is 0 Å². The van der Waals surface area contributed by atoms with E-state index >= 15 is 0 Å². The van der Waals surface area contributed by atoms with Crippen molar-refractivity contribution in [3.8, 4) is 0 Å². The summed E-state index contributed by atoms with van der Waals surface area (Å²) in [6.07, 6.45) is 10.6. The monoisotopic (exact) mass is 227 g/mol. The Bertz CT molecular complexity index is 150. The Morgan fingerprint density at radius 3 is 1.88 bits per heavy atom. The van der Waals surface area contributed by atoms with Gasteiger partial charge in [-0.25, -0.2) is 5.11 Å². The molecule has 16 heavy (non-hydrogen) atoms. The molecule has 0 spiro atoms. The van der Waals surface area contributed by atoms with Crippen LogP contribution in [0.5, 0.6) is 0 Å². The molecule has 0 bridgehead atoms. The summed E-state index contributed by atoms with van der Waals surface area (Å²) in [6, 6.07) is 0. The quantitative estimate of drug-likeness (QED) is 0.448. The molecule has 0 N–H and O–H groups in total. The van der Waals surface area contributed by atoms with Gasteiger partial charge in [0.15, 0.2) is 0 Å². The standard InChI is InChI=1S/C15H31O/c1-5-8-9-10-11-12-13-14(4)15(16,6-2)7-3/h14H,5-13H2,1-4H3. The number of rotatable bonds is 10. The van der Waals surface area contributed by atoms with E-state index < -0.39 is 5.60 Å². The fraction of sp³-hybridized carbons (Fsp3) is 1.00. The highest BCUT2D eigenvalue weighted by atomic mass is 16.3. The lowest BCUT2D eigenvalue weighted by molar-refractivity contribution is -0.0816. The van der Waals surface area contributed by atoms with Gasteiger partial charge < -0.3 is 0 Å².